The van der Waals surface area contributed by atoms with E-state index >= 15 is 0 Å². The van der Waals surface area contributed by atoms with Gasteiger partial charge in [-0.3, -0.25) is 9.59 Å². The van der Waals surface area contributed by atoms with E-state index in [-0.39, 0.29) is 5.56 Å². The number of aryl methyl sites for hydroxylation is 1. The number of benzene rings is 1. The molecule has 1 N–H and O–H groups in total. The first-order valence-electron chi connectivity index (χ1n) is 6.15. The molecule has 2 rings (SSSR count). The highest BCUT2D eigenvalue weighted by Crippen LogP contribution is 2.31. The number of nitrogens with one attached hydrogen (secondary N) is 1. The Morgan fingerprint density at radius 3 is 2.85 bits per heavy atom. The van der Waals surface area contributed by atoms with E-state index in [9.17, 15) is 9.59 Å². The van der Waals surface area contributed by atoms with Gasteiger partial charge in [0.05, 0.1) is 0 Å². The van der Waals surface area contributed by atoms with Crippen molar-refractivity contribution in [3.8, 4) is 0 Å². The van der Waals surface area contributed by atoms with Crippen molar-refractivity contribution >= 4 is 34.0 Å². The summed E-state index contributed by atoms with van der Waals surface area (Å²) in [5.74, 6) is 0. The number of aldehydes is 1. The van der Waals surface area contributed by atoms with Crippen LogP contribution in [0.4, 0.5) is 0 Å². The van der Waals surface area contributed by atoms with Crippen molar-refractivity contribution < 1.29 is 4.79 Å². The topological polar surface area (TPSA) is 62.8 Å². The van der Waals surface area contributed by atoms with Crippen molar-refractivity contribution in [2.24, 2.45) is 0 Å². The highest BCUT2D eigenvalue weighted by molar-refractivity contribution is 9.10. The standard InChI is InChI=1S/C14H13BrN2O2S/c1-2-3-10-7-13(19)17-14(16-10)20-12-5-4-9(8-18)6-11(12)15/h4-8H,2-3H2,1H3,(H,16,17,19). The smallest absolute Gasteiger partial charge is 0.251 e. The average Bonchev–Trinajstić information content (AvgIpc) is 2.41. The minimum atomic E-state index is -0.147. The largest absolute Gasteiger partial charge is 0.301 e. The Labute approximate surface area is 129 Å². The van der Waals surface area contributed by atoms with Crippen molar-refractivity contribution in [3.63, 3.8) is 0 Å². The number of aromatic amines is 1. The Balaban J connectivity index is 2.29. The molecule has 1 heterocycles. The lowest BCUT2D eigenvalue weighted by Crippen LogP contribution is -2.09. The molecular formula is C14H13BrN2O2S. The molecule has 0 aliphatic rings. The number of halogens is 1. The predicted octanol–water partition coefficient (Wildman–Crippen LogP) is 3.45. The molecule has 6 heteroatoms. The first-order valence-corrected chi connectivity index (χ1v) is 7.76. The van der Waals surface area contributed by atoms with Gasteiger partial charge in [-0.05, 0) is 34.5 Å². The van der Waals surface area contributed by atoms with Gasteiger partial charge in [-0.25, -0.2) is 4.98 Å². The molecule has 0 amide bonds. The van der Waals surface area contributed by atoms with Crippen LogP contribution in [0.3, 0.4) is 0 Å². The number of H-pyrrole nitrogens is 1. The Morgan fingerprint density at radius 2 is 2.20 bits per heavy atom. The molecule has 4 nitrogen and oxygen atoms in total. The van der Waals surface area contributed by atoms with Crippen LogP contribution in [0.2, 0.25) is 0 Å². The summed E-state index contributed by atoms with van der Waals surface area (Å²) in [6, 6.07) is 6.82. The summed E-state index contributed by atoms with van der Waals surface area (Å²) in [7, 11) is 0. The molecule has 0 aliphatic carbocycles. The maximum Gasteiger partial charge on any atom is 0.251 e. The van der Waals surface area contributed by atoms with E-state index < -0.39 is 0 Å². The SMILES string of the molecule is CCCc1cc(=O)[nH]c(Sc2ccc(C=O)cc2Br)n1. The van der Waals surface area contributed by atoms with E-state index in [2.05, 4.69) is 25.9 Å². The van der Waals surface area contributed by atoms with Gasteiger partial charge in [0.2, 0.25) is 0 Å². The van der Waals surface area contributed by atoms with Crippen molar-refractivity contribution in [1.29, 1.82) is 0 Å². The van der Waals surface area contributed by atoms with Gasteiger partial charge in [0.1, 0.15) is 6.29 Å². The molecule has 104 valence electrons. The van der Waals surface area contributed by atoms with Crippen LogP contribution in [0.15, 0.2) is 43.6 Å². The molecular weight excluding hydrogens is 340 g/mol. The maximum atomic E-state index is 11.6. The van der Waals surface area contributed by atoms with Gasteiger partial charge in [0, 0.05) is 26.7 Å². The summed E-state index contributed by atoms with van der Waals surface area (Å²) in [4.78, 5) is 30.3. The lowest BCUT2D eigenvalue weighted by Gasteiger charge is -2.05. The number of hydrogen-bond donors (Lipinski definition) is 1. The molecule has 0 bridgehead atoms. The number of hydrogen-bond acceptors (Lipinski definition) is 4. The highest BCUT2D eigenvalue weighted by atomic mass is 79.9. The number of rotatable bonds is 5. The third-order valence-electron chi connectivity index (χ3n) is 2.58. The van der Waals surface area contributed by atoms with Gasteiger partial charge in [0.15, 0.2) is 5.16 Å². The Bertz CT molecular complexity index is 685. The van der Waals surface area contributed by atoms with Crippen molar-refractivity contribution in [2.45, 2.75) is 29.8 Å². The van der Waals surface area contributed by atoms with Crippen LogP contribution in [0.25, 0.3) is 0 Å². The van der Waals surface area contributed by atoms with Crippen LogP contribution in [0, 0.1) is 0 Å². The molecule has 0 fully saturated rings. The van der Waals surface area contributed by atoms with Crippen LogP contribution in [0.5, 0.6) is 0 Å². The quantitative estimate of drug-likeness (QED) is 0.661. The van der Waals surface area contributed by atoms with Gasteiger partial charge in [-0.15, -0.1) is 0 Å². The summed E-state index contributed by atoms with van der Waals surface area (Å²) >= 11 is 4.77. The third kappa shape index (κ3) is 3.80. The third-order valence-corrected chi connectivity index (χ3v) is 4.46. The second kappa shape index (κ2) is 6.85. The minimum absolute atomic E-state index is 0.147. The van der Waals surface area contributed by atoms with Gasteiger partial charge >= 0.3 is 0 Å². The summed E-state index contributed by atoms with van der Waals surface area (Å²) in [5, 5.41) is 0.556. The van der Waals surface area contributed by atoms with Gasteiger partial charge < -0.3 is 4.98 Å². The van der Waals surface area contributed by atoms with E-state index in [1.165, 1.54) is 17.8 Å². The van der Waals surface area contributed by atoms with E-state index in [0.29, 0.717) is 10.7 Å². The number of carbonyl (C=O) groups is 1. The normalized spacial score (nSPS) is 10.5. The molecule has 0 spiro atoms. The second-order valence-electron chi connectivity index (χ2n) is 4.20. The zero-order valence-electron chi connectivity index (χ0n) is 10.9. The first kappa shape index (κ1) is 15.0. The molecule has 1 aromatic carbocycles. The van der Waals surface area contributed by atoms with Crippen LogP contribution in [-0.4, -0.2) is 16.3 Å². The minimum Gasteiger partial charge on any atom is -0.301 e. The van der Waals surface area contributed by atoms with Crippen molar-refractivity contribution in [1.82, 2.24) is 9.97 Å². The zero-order chi connectivity index (χ0) is 14.5. The van der Waals surface area contributed by atoms with Crippen molar-refractivity contribution in [3.05, 3.63) is 50.3 Å². The Hall–Kier alpha value is -1.40. The summed E-state index contributed by atoms with van der Waals surface area (Å²) in [6.45, 7) is 2.05. The summed E-state index contributed by atoms with van der Waals surface area (Å²) < 4.78 is 0.802. The average molecular weight is 353 g/mol. The van der Waals surface area contributed by atoms with E-state index in [0.717, 1.165) is 34.2 Å². The van der Waals surface area contributed by atoms with Crippen LogP contribution >= 0.6 is 27.7 Å². The monoisotopic (exact) mass is 352 g/mol. The maximum absolute atomic E-state index is 11.6. The van der Waals surface area contributed by atoms with E-state index in [4.69, 9.17) is 0 Å². The van der Waals surface area contributed by atoms with Crippen LogP contribution in [0.1, 0.15) is 29.4 Å². The van der Waals surface area contributed by atoms with Crippen molar-refractivity contribution in [2.75, 3.05) is 0 Å². The zero-order valence-corrected chi connectivity index (χ0v) is 13.3. The summed E-state index contributed by atoms with van der Waals surface area (Å²) in [5.41, 5.74) is 1.24. The molecule has 2 aromatic rings. The number of carbonyl (C=O) groups excluding carboxylic acids is 1. The van der Waals surface area contributed by atoms with Gasteiger partial charge in [-0.2, -0.15) is 0 Å². The van der Waals surface area contributed by atoms with Crippen LogP contribution in [-0.2, 0) is 6.42 Å². The first-order chi connectivity index (χ1) is 9.62. The molecule has 1 aromatic heterocycles. The summed E-state index contributed by atoms with van der Waals surface area (Å²) in [6.07, 6.45) is 2.52. The Kier molecular flexibility index (Phi) is 5.14. The van der Waals surface area contributed by atoms with Crippen LogP contribution < -0.4 is 5.56 Å². The predicted molar refractivity (Wildman–Crippen MR) is 82.5 cm³/mol. The molecule has 0 unspecified atom stereocenters. The van der Waals surface area contributed by atoms with Gasteiger partial charge in [-0.1, -0.05) is 31.2 Å². The van der Waals surface area contributed by atoms with Gasteiger partial charge in [0.25, 0.3) is 5.56 Å². The fourth-order valence-electron chi connectivity index (χ4n) is 1.69. The number of nitrogens with zero attached hydrogens (tertiary/aromatic N) is 1. The molecule has 0 aliphatic heterocycles. The fraction of sp³-hybridized carbons (Fsp3) is 0.214. The van der Waals surface area contributed by atoms with E-state index in [1.54, 1.807) is 12.1 Å². The molecule has 0 atom stereocenters. The van der Waals surface area contributed by atoms with E-state index in [1.807, 2.05) is 13.0 Å². The lowest BCUT2D eigenvalue weighted by molar-refractivity contribution is 0.112. The Morgan fingerprint density at radius 1 is 1.40 bits per heavy atom. The highest BCUT2D eigenvalue weighted by Gasteiger charge is 2.07. The number of aromatic nitrogens is 2. The molecule has 0 saturated carbocycles. The fourth-order valence-corrected chi connectivity index (χ4v) is 3.15. The molecule has 0 radical (unpaired) electrons. The molecule has 0 saturated heterocycles. The molecule has 20 heavy (non-hydrogen) atoms. The lowest BCUT2D eigenvalue weighted by atomic mass is 10.2. The second-order valence-corrected chi connectivity index (χ2v) is 6.09.